The molecule has 0 bridgehead atoms. The number of rotatable bonds is 6. The smallest absolute Gasteiger partial charge is 0.228 e. The van der Waals surface area contributed by atoms with Gasteiger partial charge in [0.2, 0.25) is 11.8 Å². The van der Waals surface area contributed by atoms with E-state index in [2.05, 4.69) is 10.6 Å². The number of nitrogens with one attached hydrogen (secondary N) is 2. The Bertz CT molecular complexity index is 747. The van der Waals surface area contributed by atoms with Crippen molar-refractivity contribution in [3.63, 3.8) is 0 Å². The first kappa shape index (κ1) is 17.8. The summed E-state index contributed by atoms with van der Waals surface area (Å²) in [5.41, 5.74) is 1.81. The number of carbonyl (C=O) groups excluding carboxylic acids is 2. The lowest BCUT2D eigenvalue weighted by atomic mass is 10.1. The summed E-state index contributed by atoms with van der Waals surface area (Å²) >= 11 is 6.12. The Morgan fingerprint density at radius 1 is 1.08 bits per heavy atom. The van der Waals surface area contributed by atoms with E-state index in [1.165, 1.54) is 0 Å². The highest BCUT2D eigenvalue weighted by molar-refractivity contribution is 6.33. The molecule has 2 aromatic rings. The molecule has 0 saturated carbocycles. The minimum Gasteiger partial charge on any atom is -0.496 e. The van der Waals surface area contributed by atoms with E-state index in [4.69, 9.17) is 16.3 Å². The van der Waals surface area contributed by atoms with Gasteiger partial charge in [-0.25, -0.2) is 0 Å². The Balaban J connectivity index is 2.10. The first-order chi connectivity index (χ1) is 11.5. The number of benzene rings is 2. The fourth-order valence-electron chi connectivity index (χ4n) is 2.16. The molecule has 0 heterocycles. The highest BCUT2D eigenvalue weighted by atomic mass is 35.5. The third kappa shape index (κ3) is 4.73. The molecule has 0 radical (unpaired) electrons. The van der Waals surface area contributed by atoms with Crippen LogP contribution in [0.15, 0.2) is 42.5 Å². The molecular formula is C18H19ClN2O3. The van der Waals surface area contributed by atoms with Gasteiger partial charge in [-0.1, -0.05) is 36.7 Å². The van der Waals surface area contributed by atoms with E-state index in [-0.39, 0.29) is 18.2 Å². The summed E-state index contributed by atoms with van der Waals surface area (Å²) in [6.45, 7) is 1.77. The number of hydrogen-bond acceptors (Lipinski definition) is 3. The topological polar surface area (TPSA) is 67.4 Å². The van der Waals surface area contributed by atoms with Crippen LogP contribution >= 0.6 is 11.6 Å². The van der Waals surface area contributed by atoms with Crippen LogP contribution in [0, 0.1) is 0 Å². The molecule has 0 aliphatic heterocycles. The zero-order valence-electron chi connectivity index (χ0n) is 13.6. The van der Waals surface area contributed by atoms with Crippen LogP contribution < -0.4 is 15.4 Å². The lowest BCUT2D eigenvalue weighted by Crippen LogP contribution is -2.16. The van der Waals surface area contributed by atoms with E-state index in [9.17, 15) is 9.59 Å². The molecule has 2 amide bonds. The van der Waals surface area contributed by atoms with Crippen LogP contribution in [0.2, 0.25) is 5.02 Å². The summed E-state index contributed by atoms with van der Waals surface area (Å²) in [5, 5.41) is 5.90. The van der Waals surface area contributed by atoms with Gasteiger partial charge in [-0.15, -0.1) is 0 Å². The van der Waals surface area contributed by atoms with Crippen molar-refractivity contribution in [3.8, 4) is 5.75 Å². The zero-order valence-corrected chi connectivity index (χ0v) is 14.3. The third-order valence-electron chi connectivity index (χ3n) is 3.39. The van der Waals surface area contributed by atoms with Crippen LogP contribution in [0.4, 0.5) is 11.4 Å². The Hall–Kier alpha value is -2.53. The molecule has 0 saturated heterocycles. The molecule has 0 atom stereocenters. The predicted molar refractivity (Wildman–Crippen MR) is 95.7 cm³/mol. The Labute approximate surface area is 146 Å². The molecule has 126 valence electrons. The molecule has 24 heavy (non-hydrogen) atoms. The summed E-state index contributed by atoms with van der Waals surface area (Å²) in [6.07, 6.45) is 0.532. The van der Waals surface area contributed by atoms with E-state index >= 15 is 0 Å². The standard InChI is InChI=1S/C18H19ClN2O3/c1-3-17(22)20-13-8-9-14(19)15(11-13)21-18(23)10-12-6-4-5-7-16(12)24-2/h4-9,11H,3,10H2,1-2H3,(H,20,22)(H,21,23). The van der Waals surface area contributed by atoms with Crippen LogP contribution in [0.1, 0.15) is 18.9 Å². The van der Waals surface area contributed by atoms with E-state index in [1.807, 2.05) is 18.2 Å². The van der Waals surface area contributed by atoms with Crippen molar-refractivity contribution in [1.82, 2.24) is 0 Å². The highest BCUT2D eigenvalue weighted by Crippen LogP contribution is 2.26. The zero-order chi connectivity index (χ0) is 17.5. The number of halogens is 1. The molecule has 0 aromatic heterocycles. The fourth-order valence-corrected chi connectivity index (χ4v) is 2.33. The van der Waals surface area contributed by atoms with Crippen molar-refractivity contribution in [1.29, 1.82) is 0 Å². The molecule has 5 nitrogen and oxygen atoms in total. The van der Waals surface area contributed by atoms with Gasteiger partial charge in [-0.05, 0) is 24.3 Å². The van der Waals surface area contributed by atoms with Crippen LogP contribution in [0.5, 0.6) is 5.75 Å². The number of carbonyl (C=O) groups is 2. The van der Waals surface area contributed by atoms with Gasteiger partial charge in [0.15, 0.2) is 0 Å². The number of para-hydroxylation sites is 1. The number of ether oxygens (including phenoxy) is 1. The first-order valence-electron chi connectivity index (χ1n) is 7.54. The largest absolute Gasteiger partial charge is 0.496 e. The van der Waals surface area contributed by atoms with Crippen molar-refractivity contribution in [2.24, 2.45) is 0 Å². The van der Waals surface area contributed by atoms with Gasteiger partial charge >= 0.3 is 0 Å². The second-order valence-electron chi connectivity index (χ2n) is 5.13. The maximum Gasteiger partial charge on any atom is 0.228 e. The molecule has 0 aliphatic carbocycles. The van der Waals surface area contributed by atoms with E-state index in [0.29, 0.717) is 28.6 Å². The SMILES string of the molecule is CCC(=O)Nc1ccc(Cl)c(NC(=O)Cc2ccccc2OC)c1. The second-order valence-corrected chi connectivity index (χ2v) is 5.54. The lowest BCUT2D eigenvalue weighted by Gasteiger charge is -2.11. The summed E-state index contributed by atoms with van der Waals surface area (Å²) in [4.78, 5) is 23.7. The summed E-state index contributed by atoms with van der Waals surface area (Å²) < 4.78 is 5.24. The minimum atomic E-state index is -0.222. The van der Waals surface area contributed by atoms with Gasteiger partial charge < -0.3 is 15.4 Å². The summed E-state index contributed by atoms with van der Waals surface area (Å²) in [5.74, 6) is 0.326. The van der Waals surface area contributed by atoms with Crippen LogP contribution in [-0.4, -0.2) is 18.9 Å². The molecular weight excluding hydrogens is 328 g/mol. The first-order valence-corrected chi connectivity index (χ1v) is 7.92. The maximum absolute atomic E-state index is 12.3. The molecule has 0 spiro atoms. The van der Waals surface area contributed by atoms with E-state index < -0.39 is 0 Å². The average molecular weight is 347 g/mol. The quantitative estimate of drug-likeness (QED) is 0.834. The second kappa shape index (κ2) is 8.36. The van der Waals surface area contributed by atoms with Crippen molar-refractivity contribution in [3.05, 3.63) is 53.1 Å². The number of amides is 2. The van der Waals surface area contributed by atoms with E-state index in [1.54, 1.807) is 38.3 Å². The Morgan fingerprint density at radius 3 is 2.54 bits per heavy atom. The van der Waals surface area contributed by atoms with Gasteiger partial charge in [0, 0.05) is 17.7 Å². The maximum atomic E-state index is 12.3. The van der Waals surface area contributed by atoms with Crippen molar-refractivity contribution in [2.75, 3.05) is 17.7 Å². The normalized spacial score (nSPS) is 10.1. The molecule has 2 rings (SSSR count). The number of anilines is 2. The lowest BCUT2D eigenvalue weighted by molar-refractivity contribution is -0.116. The van der Waals surface area contributed by atoms with Gasteiger partial charge in [0.1, 0.15) is 5.75 Å². The molecule has 2 aromatic carbocycles. The molecule has 0 unspecified atom stereocenters. The van der Waals surface area contributed by atoms with Crippen LogP contribution in [0.25, 0.3) is 0 Å². The predicted octanol–water partition coefficient (Wildman–Crippen LogP) is 3.88. The Morgan fingerprint density at radius 2 is 1.83 bits per heavy atom. The number of hydrogen-bond donors (Lipinski definition) is 2. The van der Waals surface area contributed by atoms with Crippen molar-refractivity contribution in [2.45, 2.75) is 19.8 Å². The highest BCUT2D eigenvalue weighted by Gasteiger charge is 2.11. The van der Waals surface area contributed by atoms with Gasteiger partial charge in [0.25, 0.3) is 0 Å². The monoisotopic (exact) mass is 346 g/mol. The molecule has 2 N–H and O–H groups in total. The summed E-state index contributed by atoms with van der Waals surface area (Å²) in [7, 11) is 1.56. The fraction of sp³-hybridized carbons (Fsp3) is 0.222. The van der Waals surface area contributed by atoms with Crippen LogP contribution in [-0.2, 0) is 16.0 Å². The molecule has 0 fully saturated rings. The molecule has 0 aliphatic rings. The minimum absolute atomic E-state index is 0.108. The molecule has 6 heteroatoms. The average Bonchev–Trinajstić information content (AvgIpc) is 2.58. The van der Waals surface area contributed by atoms with E-state index in [0.717, 1.165) is 5.56 Å². The van der Waals surface area contributed by atoms with Crippen molar-refractivity contribution < 1.29 is 14.3 Å². The summed E-state index contributed by atoms with van der Waals surface area (Å²) in [6, 6.07) is 12.3. The van der Waals surface area contributed by atoms with Crippen LogP contribution in [0.3, 0.4) is 0 Å². The van der Waals surface area contributed by atoms with Crippen molar-refractivity contribution >= 4 is 34.8 Å². The van der Waals surface area contributed by atoms with Gasteiger partial charge in [-0.3, -0.25) is 9.59 Å². The Kier molecular flexibility index (Phi) is 6.21. The third-order valence-corrected chi connectivity index (χ3v) is 3.72. The van der Waals surface area contributed by atoms with Gasteiger partial charge in [-0.2, -0.15) is 0 Å². The number of methoxy groups -OCH3 is 1. The van der Waals surface area contributed by atoms with Gasteiger partial charge in [0.05, 0.1) is 24.2 Å².